The van der Waals surface area contributed by atoms with Gasteiger partial charge in [-0.3, -0.25) is 9.48 Å². The highest BCUT2D eigenvalue weighted by atomic mass is 35.5. The van der Waals surface area contributed by atoms with Crippen LogP contribution in [0, 0.1) is 0 Å². The summed E-state index contributed by atoms with van der Waals surface area (Å²) in [6.45, 7) is 0. The van der Waals surface area contributed by atoms with Gasteiger partial charge in [-0.15, -0.1) is 0 Å². The molecule has 0 amide bonds. The number of nitrogens with zero attached hydrogens (tertiary/aromatic N) is 3. The monoisotopic (exact) mass is 211 g/mol. The van der Waals surface area contributed by atoms with E-state index in [9.17, 15) is 4.79 Å². The van der Waals surface area contributed by atoms with Crippen LogP contribution in [0.3, 0.4) is 0 Å². The fourth-order valence-corrected chi connectivity index (χ4v) is 1.31. The zero-order chi connectivity index (χ0) is 10.1. The van der Waals surface area contributed by atoms with Crippen LogP contribution in [-0.2, 0) is 7.05 Å². The molecule has 14 heavy (non-hydrogen) atoms. The molecule has 0 radical (unpaired) electrons. The van der Waals surface area contributed by atoms with Crippen molar-refractivity contribution in [1.29, 1.82) is 0 Å². The lowest BCUT2D eigenvalue weighted by atomic mass is 10.2. The first-order valence-electron chi connectivity index (χ1n) is 3.80. The molecule has 72 valence electrons. The fraction of sp³-hybridized carbons (Fsp3) is 0.125. The molecule has 0 bridgehead atoms. The van der Waals surface area contributed by atoms with Crippen molar-refractivity contribution in [3.63, 3.8) is 0 Å². The first kappa shape index (κ1) is 8.96. The second kappa shape index (κ2) is 3.26. The fourth-order valence-electron chi connectivity index (χ4n) is 1.14. The maximum atomic E-state index is 10.8. The highest BCUT2D eigenvalue weighted by Crippen LogP contribution is 2.26. The highest BCUT2D eigenvalue weighted by Gasteiger charge is 2.17. The Morgan fingerprint density at radius 3 is 3.00 bits per heavy atom. The van der Waals surface area contributed by atoms with Gasteiger partial charge in [0.25, 0.3) is 0 Å². The summed E-state index contributed by atoms with van der Waals surface area (Å²) in [6, 6.07) is 0. The van der Waals surface area contributed by atoms with Crippen LogP contribution in [0.15, 0.2) is 17.0 Å². The van der Waals surface area contributed by atoms with Gasteiger partial charge in [-0.1, -0.05) is 11.6 Å². The van der Waals surface area contributed by atoms with Crippen LogP contribution in [0.1, 0.15) is 10.4 Å². The molecule has 6 heteroatoms. The number of aromatic nitrogens is 3. The van der Waals surface area contributed by atoms with E-state index in [-0.39, 0.29) is 5.15 Å². The maximum Gasteiger partial charge on any atom is 0.181 e. The molecule has 0 aromatic carbocycles. The second-order valence-corrected chi connectivity index (χ2v) is 3.02. The maximum absolute atomic E-state index is 10.8. The Balaban J connectivity index is 2.64. The number of hydrogen-bond acceptors (Lipinski definition) is 4. The van der Waals surface area contributed by atoms with Gasteiger partial charge in [0.2, 0.25) is 0 Å². The number of rotatable bonds is 2. The molecule has 2 heterocycles. The lowest BCUT2D eigenvalue weighted by Gasteiger charge is -1.88. The summed E-state index contributed by atoms with van der Waals surface area (Å²) in [5, 5.41) is 4.33. The van der Waals surface area contributed by atoms with Crippen LogP contribution >= 0.6 is 11.6 Å². The summed E-state index contributed by atoms with van der Waals surface area (Å²) in [4.78, 5) is 14.5. The third-order valence-corrected chi connectivity index (χ3v) is 2.24. The third-order valence-electron chi connectivity index (χ3n) is 1.80. The zero-order valence-corrected chi connectivity index (χ0v) is 8.02. The smallest absolute Gasteiger partial charge is 0.181 e. The van der Waals surface area contributed by atoms with Crippen molar-refractivity contribution in [2.75, 3.05) is 0 Å². The number of halogens is 1. The van der Waals surface area contributed by atoms with Gasteiger partial charge in [0.15, 0.2) is 18.4 Å². The number of aldehydes is 1. The van der Waals surface area contributed by atoms with Crippen molar-refractivity contribution in [2.24, 2.45) is 7.05 Å². The molecule has 0 saturated heterocycles. The summed E-state index contributed by atoms with van der Waals surface area (Å²) < 4.78 is 6.43. The van der Waals surface area contributed by atoms with E-state index in [1.807, 2.05) is 0 Å². The first-order valence-corrected chi connectivity index (χ1v) is 4.18. The normalized spacial score (nSPS) is 10.4. The molecular formula is C8H6ClN3O2. The molecule has 2 aromatic heterocycles. The summed E-state index contributed by atoms with van der Waals surface area (Å²) in [5.41, 5.74) is 0.718. The highest BCUT2D eigenvalue weighted by molar-refractivity contribution is 6.32. The van der Waals surface area contributed by atoms with E-state index >= 15 is 0 Å². The Morgan fingerprint density at radius 1 is 1.64 bits per heavy atom. The predicted molar refractivity (Wildman–Crippen MR) is 49.1 cm³/mol. The number of aryl methyl sites for hydroxylation is 1. The van der Waals surface area contributed by atoms with Gasteiger partial charge in [-0.25, -0.2) is 4.98 Å². The Morgan fingerprint density at radius 2 is 2.43 bits per heavy atom. The molecule has 0 aliphatic heterocycles. The second-order valence-electron chi connectivity index (χ2n) is 2.66. The van der Waals surface area contributed by atoms with Crippen molar-refractivity contribution in [3.05, 3.63) is 23.3 Å². The van der Waals surface area contributed by atoms with Gasteiger partial charge in [-0.05, 0) is 0 Å². The van der Waals surface area contributed by atoms with Gasteiger partial charge in [-0.2, -0.15) is 5.10 Å². The largest absolute Gasteiger partial charge is 0.442 e. The van der Waals surface area contributed by atoms with Crippen LogP contribution in [-0.4, -0.2) is 21.1 Å². The molecule has 0 unspecified atom stereocenters. The summed E-state index contributed by atoms with van der Waals surface area (Å²) in [6.07, 6.45) is 3.39. The van der Waals surface area contributed by atoms with Crippen molar-refractivity contribution >= 4 is 17.9 Å². The average molecular weight is 212 g/mol. The quantitative estimate of drug-likeness (QED) is 0.707. The molecular weight excluding hydrogens is 206 g/mol. The molecule has 0 saturated carbocycles. The minimum absolute atomic E-state index is 0.284. The van der Waals surface area contributed by atoms with Gasteiger partial charge >= 0.3 is 0 Å². The predicted octanol–water partition coefficient (Wildman–Crippen LogP) is 1.54. The van der Waals surface area contributed by atoms with E-state index < -0.39 is 0 Å². The molecule has 0 aliphatic rings. The first-order chi connectivity index (χ1) is 6.74. The zero-order valence-electron chi connectivity index (χ0n) is 7.27. The minimum atomic E-state index is 0.284. The Hall–Kier alpha value is -1.62. The number of carbonyl (C=O) groups excluding carboxylic acids is 1. The third kappa shape index (κ3) is 1.22. The Labute approximate surface area is 84.3 Å². The van der Waals surface area contributed by atoms with E-state index in [4.69, 9.17) is 16.0 Å². The minimum Gasteiger partial charge on any atom is -0.442 e. The molecule has 0 atom stereocenters. The topological polar surface area (TPSA) is 60.9 Å². The molecule has 0 aliphatic carbocycles. The SMILES string of the molecule is Cn1nc(-c2cnco2)c(C=O)c1Cl. The summed E-state index contributed by atoms with van der Waals surface area (Å²) in [5.74, 6) is 0.426. The Bertz CT molecular complexity index is 461. The van der Waals surface area contributed by atoms with Crippen molar-refractivity contribution in [2.45, 2.75) is 0 Å². The summed E-state index contributed by atoms with van der Waals surface area (Å²) >= 11 is 5.84. The van der Waals surface area contributed by atoms with E-state index in [1.54, 1.807) is 7.05 Å². The molecule has 5 nitrogen and oxygen atoms in total. The summed E-state index contributed by atoms with van der Waals surface area (Å²) in [7, 11) is 1.65. The van der Waals surface area contributed by atoms with Gasteiger partial charge in [0.1, 0.15) is 10.8 Å². The van der Waals surface area contributed by atoms with E-state index in [2.05, 4.69) is 10.1 Å². The lowest BCUT2D eigenvalue weighted by molar-refractivity contribution is 0.112. The molecule has 0 spiro atoms. The molecule has 2 aromatic rings. The van der Waals surface area contributed by atoms with Crippen LogP contribution in [0.4, 0.5) is 0 Å². The van der Waals surface area contributed by atoms with E-state index in [1.165, 1.54) is 17.3 Å². The van der Waals surface area contributed by atoms with Crippen molar-refractivity contribution in [3.8, 4) is 11.5 Å². The number of oxazole rings is 1. The molecule has 0 N–H and O–H groups in total. The van der Waals surface area contributed by atoms with E-state index in [0.29, 0.717) is 23.3 Å². The van der Waals surface area contributed by atoms with Gasteiger partial charge in [0, 0.05) is 7.05 Å². The van der Waals surface area contributed by atoms with Crippen LogP contribution in [0.2, 0.25) is 5.15 Å². The van der Waals surface area contributed by atoms with E-state index in [0.717, 1.165) is 0 Å². The molecule has 2 rings (SSSR count). The van der Waals surface area contributed by atoms with Crippen molar-refractivity contribution < 1.29 is 9.21 Å². The average Bonchev–Trinajstić information content (AvgIpc) is 2.76. The van der Waals surface area contributed by atoms with Gasteiger partial charge in [0.05, 0.1) is 11.8 Å². The molecule has 0 fully saturated rings. The lowest BCUT2D eigenvalue weighted by Crippen LogP contribution is -1.89. The number of hydrogen-bond donors (Lipinski definition) is 0. The van der Waals surface area contributed by atoms with Crippen LogP contribution in [0.5, 0.6) is 0 Å². The van der Waals surface area contributed by atoms with Crippen LogP contribution in [0.25, 0.3) is 11.5 Å². The van der Waals surface area contributed by atoms with Crippen LogP contribution < -0.4 is 0 Å². The standard InChI is InChI=1S/C8H6ClN3O2/c1-12-8(9)5(3-13)7(11-12)6-2-10-4-14-6/h2-4H,1H3. The van der Waals surface area contributed by atoms with Crippen molar-refractivity contribution in [1.82, 2.24) is 14.8 Å². The Kier molecular flexibility index (Phi) is 2.09. The van der Waals surface area contributed by atoms with Gasteiger partial charge < -0.3 is 4.42 Å². The number of carbonyl (C=O) groups is 1.